The Bertz CT molecular complexity index is 2890. The van der Waals surface area contributed by atoms with E-state index in [4.69, 9.17) is 30.5 Å². The molecule has 0 unspecified atom stereocenters. The largest absolute Gasteiger partial charge is 0.491 e. The summed E-state index contributed by atoms with van der Waals surface area (Å²) in [6.45, 7) is 10.5. The molecule has 1 atom stereocenters. The van der Waals surface area contributed by atoms with Crippen molar-refractivity contribution in [2.24, 2.45) is 5.92 Å². The molecule has 4 N–H and O–H groups in total. The normalized spacial score (nSPS) is 17.1. The minimum absolute atomic E-state index is 0.00550. The minimum Gasteiger partial charge on any atom is -0.491 e. The van der Waals surface area contributed by atoms with Crippen molar-refractivity contribution in [2.45, 2.75) is 57.6 Å². The summed E-state index contributed by atoms with van der Waals surface area (Å²) in [6.07, 6.45) is 16.7. The molecule has 4 aromatic carbocycles. The highest BCUT2D eigenvalue weighted by Crippen LogP contribution is 2.38. The van der Waals surface area contributed by atoms with Gasteiger partial charge in [0.15, 0.2) is 0 Å². The second-order valence-electron chi connectivity index (χ2n) is 18.6. The van der Waals surface area contributed by atoms with E-state index in [9.17, 15) is 14.0 Å². The van der Waals surface area contributed by atoms with Crippen LogP contribution in [-0.2, 0) is 19.1 Å². The van der Waals surface area contributed by atoms with Crippen LogP contribution < -0.4 is 30.7 Å². The number of anilines is 5. The molecule has 382 valence electrons. The Morgan fingerprint density at radius 3 is 1.92 bits per heavy atom. The van der Waals surface area contributed by atoms with E-state index in [0.717, 1.165) is 101 Å². The van der Waals surface area contributed by atoms with Crippen LogP contribution in [0.2, 0.25) is 5.02 Å². The number of rotatable bonds is 18. The number of carbonyl (C=O) groups is 2. The fourth-order valence-electron chi connectivity index (χ4n) is 8.75. The summed E-state index contributed by atoms with van der Waals surface area (Å²) < 4.78 is 36.8. The lowest BCUT2D eigenvalue weighted by Gasteiger charge is -2.25. The van der Waals surface area contributed by atoms with Crippen molar-refractivity contribution in [2.75, 3.05) is 93.6 Å². The van der Waals surface area contributed by atoms with Gasteiger partial charge in [0.1, 0.15) is 41.6 Å². The number of morpholine rings is 2. The SMILES string of the molecule is C[C@@H](Nc1ncnc2cc(OC3CCCC3)c(NC(=O)C=CCN3CCOCC3)cc12)c1ccccc1.O=C(C=CCN1CCOCC1)Nc1cc2c(Nc3ccc(F)c(Cl)c3)ncnc2cc1OCC1CC1. The molecule has 0 spiro atoms. The van der Waals surface area contributed by atoms with E-state index in [1.807, 2.05) is 42.5 Å². The molecular weight excluding hydrogens is 951 g/mol. The fourth-order valence-corrected chi connectivity index (χ4v) is 8.93. The molecule has 2 amide bonds. The van der Waals surface area contributed by atoms with Gasteiger partial charge in [-0.15, -0.1) is 0 Å². The first-order chi connectivity index (χ1) is 35.7. The average Bonchev–Trinajstić information content (AvgIpc) is 4.10. The summed E-state index contributed by atoms with van der Waals surface area (Å²) in [7, 11) is 0. The van der Waals surface area contributed by atoms with Gasteiger partial charge in [-0.1, -0.05) is 54.1 Å². The van der Waals surface area contributed by atoms with Crippen molar-refractivity contribution in [3.05, 3.63) is 126 Å². The average molecular weight is 1010 g/mol. The monoisotopic (exact) mass is 1010 g/mol. The van der Waals surface area contributed by atoms with Gasteiger partial charge in [-0.2, -0.15) is 0 Å². The Labute approximate surface area is 429 Å². The Morgan fingerprint density at radius 1 is 0.740 bits per heavy atom. The third kappa shape index (κ3) is 14.7. The zero-order chi connectivity index (χ0) is 50.4. The van der Waals surface area contributed by atoms with Gasteiger partial charge < -0.3 is 40.2 Å². The van der Waals surface area contributed by atoms with Crippen molar-refractivity contribution >= 4 is 73.9 Å². The number of halogens is 2. The molecular formula is C55H62ClFN10O6. The van der Waals surface area contributed by atoms with Crippen LogP contribution in [-0.4, -0.2) is 120 Å². The molecule has 4 aliphatic rings. The molecule has 2 saturated carbocycles. The Morgan fingerprint density at radius 2 is 1.32 bits per heavy atom. The van der Waals surface area contributed by atoms with Crippen LogP contribution in [0.5, 0.6) is 11.5 Å². The van der Waals surface area contributed by atoms with Crippen LogP contribution >= 0.6 is 11.6 Å². The highest BCUT2D eigenvalue weighted by molar-refractivity contribution is 6.31. The number of nitrogens with zero attached hydrogens (tertiary/aromatic N) is 6. The number of aromatic nitrogens is 4. The van der Waals surface area contributed by atoms with Crippen molar-refractivity contribution in [3.8, 4) is 11.5 Å². The standard InChI is InChI=1S/C29H35N5O3.C26H27ClFN5O3/c1-21(22-8-3-2-4-9-22)32-29-24-18-26(33-28(35)12-7-13-34-14-16-36-17-15-34)27(19-25(24)30-20-31-29)37-23-10-5-6-11-23;27-20-12-18(5-6-21(20)28)31-26-19-13-23(32-25(34)2-1-7-33-8-10-35-11-9-33)24(36-15-17-3-4-17)14-22(19)29-16-30-26/h2-4,7-9,12,18-21,23H,5-6,10-11,13-17H2,1H3,(H,33,35)(H,30,31,32);1-2,5-6,12-14,16-17H,3-4,7-11,15H2,(H,32,34)(H,29,30,31)/t21-;/m1./s1. The van der Waals surface area contributed by atoms with Crippen molar-refractivity contribution in [1.82, 2.24) is 29.7 Å². The van der Waals surface area contributed by atoms with Crippen LogP contribution in [0.4, 0.5) is 33.1 Å². The second-order valence-corrected chi connectivity index (χ2v) is 19.0. The topological polar surface area (TPSA) is 177 Å². The van der Waals surface area contributed by atoms with Gasteiger partial charge in [0, 0.05) is 86.1 Å². The zero-order valence-corrected chi connectivity index (χ0v) is 41.8. The van der Waals surface area contributed by atoms with Crippen LogP contribution in [0.1, 0.15) is 57.1 Å². The Kier molecular flexibility index (Phi) is 17.7. The molecule has 4 heterocycles. The van der Waals surface area contributed by atoms with Crippen LogP contribution in [0.3, 0.4) is 0 Å². The van der Waals surface area contributed by atoms with E-state index in [2.05, 4.69) is 70.1 Å². The summed E-state index contributed by atoms with van der Waals surface area (Å²) in [5, 5.41) is 14.2. The van der Waals surface area contributed by atoms with E-state index in [1.54, 1.807) is 30.6 Å². The highest BCUT2D eigenvalue weighted by atomic mass is 35.5. The molecule has 4 fully saturated rings. The maximum absolute atomic E-state index is 13.6. The first-order valence-corrected chi connectivity index (χ1v) is 25.5. The van der Waals surface area contributed by atoms with E-state index in [1.165, 1.54) is 24.5 Å². The number of carbonyl (C=O) groups excluding carboxylic acids is 2. The molecule has 2 aliphatic heterocycles. The predicted octanol–water partition coefficient (Wildman–Crippen LogP) is 9.73. The summed E-state index contributed by atoms with van der Waals surface area (Å²) in [6, 6.07) is 22.1. The quantitative estimate of drug-likeness (QED) is 0.0599. The zero-order valence-electron chi connectivity index (χ0n) is 41.0. The number of benzene rings is 4. The summed E-state index contributed by atoms with van der Waals surface area (Å²) >= 11 is 5.93. The third-order valence-electron chi connectivity index (χ3n) is 13.1. The lowest BCUT2D eigenvalue weighted by Crippen LogP contribution is -2.36. The molecule has 0 bridgehead atoms. The van der Waals surface area contributed by atoms with E-state index >= 15 is 0 Å². The summed E-state index contributed by atoms with van der Waals surface area (Å²) in [4.78, 5) is 47.9. The third-order valence-corrected chi connectivity index (χ3v) is 13.4. The summed E-state index contributed by atoms with van der Waals surface area (Å²) in [5.74, 6) is 2.02. The van der Waals surface area contributed by atoms with Gasteiger partial charge in [0.25, 0.3) is 0 Å². The van der Waals surface area contributed by atoms with E-state index in [0.29, 0.717) is 83.4 Å². The van der Waals surface area contributed by atoms with Gasteiger partial charge in [-0.3, -0.25) is 19.4 Å². The predicted molar refractivity (Wildman–Crippen MR) is 283 cm³/mol. The number of nitrogens with one attached hydrogen (secondary N) is 4. The van der Waals surface area contributed by atoms with Gasteiger partial charge in [-0.25, -0.2) is 24.3 Å². The van der Waals surface area contributed by atoms with Gasteiger partial charge >= 0.3 is 0 Å². The molecule has 16 nitrogen and oxygen atoms in total. The lowest BCUT2D eigenvalue weighted by molar-refractivity contribution is -0.112. The number of hydrogen-bond acceptors (Lipinski definition) is 14. The first kappa shape index (κ1) is 51.2. The molecule has 73 heavy (non-hydrogen) atoms. The molecule has 2 aromatic heterocycles. The highest BCUT2D eigenvalue weighted by Gasteiger charge is 2.24. The Balaban J connectivity index is 0.000000180. The number of ether oxygens (including phenoxy) is 4. The second kappa shape index (κ2) is 25.3. The van der Waals surface area contributed by atoms with Crippen LogP contribution in [0.25, 0.3) is 21.8 Å². The van der Waals surface area contributed by atoms with Crippen molar-refractivity contribution in [3.63, 3.8) is 0 Å². The Hall–Kier alpha value is -6.76. The smallest absolute Gasteiger partial charge is 0.248 e. The maximum atomic E-state index is 13.6. The fraction of sp³-hybridized carbons (Fsp3) is 0.382. The van der Waals surface area contributed by atoms with Crippen molar-refractivity contribution in [1.29, 1.82) is 0 Å². The van der Waals surface area contributed by atoms with Crippen LogP contribution in [0.15, 0.2) is 110 Å². The van der Waals surface area contributed by atoms with Crippen LogP contribution in [0, 0.1) is 11.7 Å². The number of fused-ring (bicyclic) bond motifs is 2. The molecule has 2 saturated heterocycles. The molecule has 0 radical (unpaired) electrons. The lowest BCUT2D eigenvalue weighted by atomic mass is 10.1. The number of hydrogen-bond donors (Lipinski definition) is 4. The first-order valence-electron chi connectivity index (χ1n) is 25.2. The van der Waals surface area contributed by atoms with E-state index < -0.39 is 5.82 Å². The molecule has 10 rings (SSSR count). The van der Waals surface area contributed by atoms with Gasteiger partial charge in [-0.05, 0) is 87.3 Å². The number of amides is 2. The minimum atomic E-state index is -0.501. The van der Waals surface area contributed by atoms with Gasteiger partial charge in [0.05, 0.1) is 66.6 Å². The molecule has 6 aromatic rings. The van der Waals surface area contributed by atoms with Gasteiger partial charge in [0.2, 0.25) is 11.8 Å². The summed E-state index contributed by atoms with van der Waals surface area (Å²) in [5.41, 5.74) is 4.31. The maximum Gasteiger partial charge on any atom is 0.248 e. The van der Waals surface area contributed by atoms with Crippen molar-refractivity contribution < 1.29 is 32.9 Å². The van der Waals surface area contributed by atoms with E-state index in [-0.39, 0.29) is 29.0 Å². The molecule has 2 aliphatic carbocycles. The molecule has 18 heteroatoms.